The molecule has 3 rings (SSSR count). The largest absolute Gasteiger partial charge is 0.495 e. The number of methoxy groups -OCH3 is 2. The number of fused-ring (bicyclic) bond motifs is 2. The van der Waals surface area contributed by atoms with Gasteiger partial charge in [-0.3, -0.25) is 9.59 Å². The van der Waals surface area contributed by atoms with Crippen LogP contribution < -0.4 is 14.2 Å². The molecule has 5 nitrogen and oxygen atoms in total. The van der Waals surface area contributed by atoms with E-state index in [0.717, 1.165) is 5.39 Å². The highest BCUT2D eigenvalue weighted by molar-refractivity contribution is 6.19. The molecule has 0 radical (unpaired) electrons. The average Bonchev–Trinajstić information content (AvgIpc) is 2.58. The molecule has 0 atom stereocenters. The third-order valence-electron chi connectivity index (χ3n) is 4.08. The fourth-order valence-electron chi connectivity index (χ4n) is 3.17. The number of hydrogen-bond acceptors (Lipinski definition) is 5. The Morgan fingerprint density at radius 1 is 0.800 bits per heavy atom. The Labute approximate surface area is 145 Å². The fraction of sp³-hybridized carbons (Fsp3) is 0.200. The molecule has 0 aromatic heterocycles. The van der Waals surface area contributed by atoms with E-state index in [2.05, 4.69) is 0 Å². The highest BCUT2D eigenvalue weighted by atomic mass is 16.5. The zero-order valence-corrected chi connectivity index (χ0v) is 14.5. The molecule has 3 aromatic rings. The maximum absolute atomic E-state index is 12.1. The molecule has 25 heavy (non-hydrogen) atoms. The maximum Gasteiger partial charge on any atom is 0.308 e. The molecule has 128 valence electrons. The standard InChI is InChI=1S/C20H18O5/c1-11(21)13-7-5-8-14-17(13)19(23-3)15-9-6-10-16(25-12(2)22)18(15)20(14)24-4/h5-10H,1-4H3. The van der Waals surface area contributed by atoms with Crippen molar-refractivity contribution in [3.05, 3.63) is 42.0 Å². The Hall–Kier alpha value is -3.08. The van der Waals surface area contributed by atoms with Crippen LogP contribution in [0.2, 0.25) is 0 Å². The second kappa shape index (κ2) is 6.43. The lowest BCUT2D eigenvalue weighted by Crippen LogP contribution is -2.04. The van der Waals surface area contributed by atoms with Crippen LogP contribution in [-0.2, 0) is 4.79 Å². The molecule has 0 amide bonds. The lowest BCUT2D eigenvalue weighted by Gasteiger charge is -2.18. The van der Waals surface area contributed by atoms with Crippen molar-refractivity contribution in [2.45, 2.75) is 13.8 Å². The summed E-state index contributed by atoms with van der Waals surface area (Å²) in [5.41, 5.74) is 0.549. The maximum atomic E-state index is 12.1. The van der Waals surface area contributed by atoms with E-state index in [-0.39, 0.29) is 5.78 Å². The first-order valence-corrected chi connectivity index (χ1v) is 7.78. The molecule has 0 aliphatic heterocycles. The molecular formula is C20H18O5. The quantitative estimate of drug-likeness (QED) is 0.310. The summed E-state index contributed by atoms with van der Waals surface area (Å²) in [6, 6.07) is 10.7. The van der Waals surface area contributed by atoms with Crippen molar-refractivity contribution in [1.29, 1.82) is 0 Å². The van der Waals surface area contributed by atoms with Gasteiger partial charge in [-0.05, 0) is 13.0 Å². The number of rotatable bonds is 4. The van der Waals surface area contributed by atoms with Crippen molar-refractivity contribution < 1.29 is 23.8 Å². The first kappa shape index (κ1) is 16.8. The number of benzene rings is 3. The Morgan fingerprint density at radius 3 is 1.92 bits per heavy atom. The summed E-state index contributed by atoms with van der Waals surface area (Å²) in [6.45, 7) is 2.86. The fourth-order valence-corrected chi connectivity index (χ4v) is 3.17. The number of Topliss-reactive ketones (excluding diaryl/α,β-unsaturated/α-hetero) is 1. The summed E-state index contributed by atoms with van der Waals surface area (Å²) in [4.78, 5) is 23.6. The molecule has 0 saturated carbocycles. The molecule has 3 aromatic carbocycles. The van der Waals surface area contributed by atoms with Crippen LogP contribution in [0.1, 0.15) is 24.2 Å². The van der Waals surface area contributed by atoms with E-state index in [1.54, 1.807) is 38.5 Å². The van der Waals surface area contributed by atoms with Gasteiger partial charge < -0.3 is 14.2 Å². The summed E-state index contributed by atoms with van der Waals surface area (Å²) >= 11 is 0. The zero-order chi connectivity index (χ0) is 18.1. The molecule has 0 bridgehead atoms. The average molecular weight is 338 g/mol. The van der Waals surface area contributed by atoms with Crippen molar-refractivity contribution >= 4 is 33.3 Å². The number of carbonyl (C=O) groups is 2. The number of ether oxygens (including phenoxy) is 3. The van der Waals surface area contributed by atoms with E-state index in [0.29, 0.717) is 39.0 Å². The van der Waals surface area contributed by atoms with Gasteiger partial charge in [0.1, 0.15) is 17.2 Å². The van der Waals surface area contributed by atoms with Crippen LogP contribution >= 0.6 is 0 Å². The molecule has 0 unspecified atom stereocenters. The minimum atomic E-state index is -0.425. The Bertz CT molecular complexity index is 1000. The van der Waals surface area contributed by atoms with E-state index >= 15 is 0 Å². The summed E-state index contributed by atoms with van der Waals surface area (Å²) in [5.74, 6) is 0.971. The van der Waals surface area contributed by atoms with Crippen molar-refractivity contribution in [1.82, 2.24) is 0 Å². The topological polar surface area (TPSA) is 61.8 Å². The molecular weight excluding hydrogens is 320 g/mol. The number of ketones is 1. The van der Waals surface area contributed by atoms with Gasteiger partial charge >= 0.3 is 5.97 Å². The summed E-state index contributed by atoms with van der Waals surface area (Å²) < 4.78 is 16.6. The lowest BCUT2D eigenvalue weighted by molar-refractivity contribution is -0.131. The van der Waals surface area contributed by atoms with Gasteiger partial charge in [-0.15, -0.1) is 0 Å². The summed E-state index contributed by atoms with van der Waals surface area (Å²) in [5, 5.41) is 2.74. The normalized spacial score (nSPS) is 10.7. The predicted molar refractivity (Wildman–Crippen MR) is 95.9 cm³/mol. The van der Waals surface area contributed by atoms with Gasteiger partial charge in [-0.25, -0.2) is 0 Å². The molecule has 0 heterocycles. The van der Waals surface area contributed by atoms with Crippen molar-refractivity contribution in [2.24, 2.45) is 0 Å². The van der Waals surface area contributed by atoms with Gasteiger partial charge in [0.25, 0.3) is 0 Å². The minimum absolute atomic E-state index is 0.0681. The van der Waals surface area contributed by atoms with Gasteiger partial charge in [0.2, 0.25) is 0 Å². The van der Waals surface area contributed by atoms with E-state index in [9.17, 15) is 9.59 Å². The SMILES string of the molecule is COc1c2cccc(C(C)=O)c2c(OC)c2cccc(OC(C)=O)c12. The Kier molecular flexibility index (Phi) is 4.31. The van der Waals surface area contributed by atoms with Crippen LogP contribution in [0.15, 0.2) is 36.4 Å². The second-order valence-corrected chi connectivity index (χ2v) is 5.62. The van der Waals surface area contributed by atoms with E-state index in [4.69, 9.17) is 14.2 Å². The smallest absolute Gasteiger partial charge is 0.308 e. The van der Waals surface area contributed by atoms with Gasteiger partial charge in [-0.2, -0.15) is 0 Å². The van der Waals surface area contributed by atoms with E-state index in [1.165, 1.54) is 13.8 Å². The predicted octanol–water partition coefficient (Wildman–Crippen LogP) is 4.14. The molecule has 5 heteroatoms. The zero-order valence-electron chi connectivity index (χ0n) is 14.5. The second-order valence-electron chi connectivity index (χ2n) is 5.62. The van der Waals surface area contributed by atoms with Crippen LogP contribution in [0.4, 0.5) is 0 Å². The van der Waals surface area contributed by atoms with Gasteiger partial charge in [-0.1, -0.05) is 30.3 Å². The Morgan fingerprint density at radius 2 is 1.36 bits per heavy atom. The molecule has 0 saturated heterocycles. The first-order chi connectivity index (χ1) is 12.0. The highest BCUT2D eigenvalue weighted by Gasteiger charge is 2.22. The summed E-state index contributed by atoms with van der Waals surface area (Å²) in [7, 11) is 3.10. The number of hydrogen-bond donors (Lipinski definition) is 0. The summed E-state index contributed by atoms with van der Waals surface area (Å²) in [6.07, 6.45) is 0. The van der Waals surface area contributed by atoms with Crippen LogP contribution in [-0.4, -0.2) is 26.0 Å². The van der Waals surface area contributed by atoms with Crippen LogP contribution in [0.3, 0.4) is 0 Å². The third-order valence-corrected chi connectivity index (χ3v) is 4.08. The third kappa shape index (κ3) is 2.67. The Balaban J connectivity index is 2.59. The molecule has 0 N–H and O–H groups in total. The molecule has 0 fully saturated rings. The number of esters is 1. The molecule has 0 spiro atoms. The van der Waals surface area contributed by atoms with Crippen LogP contribution in [0.25, 0.3) is 21.5 Å². The van der Waals surface area contributed by atoms with E-state index in [1.807, 2.05) is 12.1 Å². The number of carbonyl (C=O) groups excluding carboxylic acids is 2. The van der Waals surface area contributed by atoms with Gasteiger partial charge in [0.15, 0.2) is 5.78 Å². The van der Waals surface area contributed by atoms with Gasteiger partial charge in [0.05, 0.1) is 19.6 Å². The van der Waals surface area contributed by atoms with E-state index < -0.39 is 5.97 Å². The van der Waals surface area contributed by atoms with Gasteiger partial charge in [0, 0.05) is 28.6 Å². The molecule has 0 aliphatic rings. The van der Waals surface area contributed by atoms with Crippen LogP contribution in [0, 0.1) is 0 Å². The first-order valence-electron chi connectivity index (χ1n) is 7.78. The molecule has 0 aliphatic carbocycles. The monoisotopic (exact) mass is 338 g/mol. The van der Waals surface area contributed by atoms with Crippen molar-refractivity contribution in [3.63, 3.8) is 0 Å². The van der Waals surface area contributed by atoms with Crippen LogP contribution in [0.5, 0.6) is 17.2 Å². The highest BCUT2D eigenvalue weighted by Crippen LogP contribution is 2.47. The van der Waals surface area contributed by atoms with Crippen molar-refractivity contribution in [3.8, 4) is 17.2 Å². The minimum Gasteiger partial charge on any atom is -0.495 e. The van der Waals surface area contributed by atoms with Crippen molar-refractivity contribution in [2.75, 3.05) is 14.2 Å². The lowest BCUT2D eigenvalue weighted by atomic mass is 9.95.